The van der Waals surface area contributed by atoms with E-state index in [-0.39, 0.29) is 0 Å². The Morgan fingerprint density at radius 3 is 2.47 bits per heavy atom. The zero-order valence-electron chi connectivity index (χ0n) is 10.2. The van der Waals surface area contributed by atoms with Crippen molar-refractivity contribution >= 4 is 0 Å². The van der Waals surface area contributed by atoms with Gasteiger partial charge in [0.05, 0.1) is 0 Å². The molecular weight excluding hydrogens is 182 g/mol. The highest BCUT2D eigenvalue weighted by Gasteiger charge is 2.14. The summed E-state index contributed by atoms with van der Waals surface area (Å²) >= 11 is 0. The monoisotopic (exact) mass is 205 g/mol. The van der Waals surface area contributed by atoms with Gasteiger partial charge in [0, 0.05) is 0 Å². The maximum absolute atomic E-state index is 5.88. The lowest BCUT2D eigenvalue weighted by Gasteiger charge is -2.20. The van der Waals surface area contributed by atoms with Crippen LogP contribution in [0.25, 0.3) is 0 Å². The number of aryl methyl sites for hydroxylation is 1. The molecule has 15 heavy (non-hydrogen) atoms. The van der Waals surface area contributed by atoms with Crippen LogP contribution in [0.1, 0.15) is 43.7 Å². The first-order valence-corrected chi connectivity index (χ1v) is 5.94. The van der Waals surface area contributed by atoms with Crippen LogP contribution < -0.4 is 5.73 Å². The Morgan fingerprint density at radius 1 is 1.27 bits per heavy atom. The van der Waals surface area contributed by atoms with Gasteiger partial charge in [-0.1, -0.05) is 44.5 Å². The normalized spacial score (nSPS) is 14.9. The summed E-state index contributed by atoms with van der Waals surface area (Å²) in [5.41, 5.74) is 8.68. The van der Waals surface area contributed by atoms with Gasteiger partial charge in [0.25, 0.3) is 0 Å². The molecule has 1 aromatic rings. The van der Waals surface area contributed by atoms with Crippen LogP contribution in [0.2, 0.25) is 0 Å². The minimum Gasteiger partial charge on any atom is -0.330 e. The number of nitrogens with two attached hydrogens (primary N) is 1. The molecule has 1 aromatic carbocycles. The van der Waals surface area contributed by atoms with Crippen molar-refractivity contribution in [3.8, 4) is 0 Å². The molecular formula is C14H23N. The first-order chi connectivity index (χ1) is 7.19. The summed E-state index contributed by atoms with van der Waals surface area (Å²) in [7, 11) is 0. The van der Waals surface area contributed by atoms with Gasteiger partial charge in [0.1, 0.15) is 0 Å². The van der Waals surface area contributed by atoms with Crippen LogP contribution in [0, 0.1) is 12.8 Å². The van der Waals surface area contributed by atoms with Gasteiger partial charge < -0.3 is 5.73 Å². The van der Waals surface area contributed by atoms with Gasteiger partial charge in [-0.15, -0.1) is 0 Å². The summed E-state index contributed by atoms with van der Waals surface area (Å²) < 4.78 is 0. The van der Waals surface area contributed by atoms with Gasteiger partial charge in [-0.05, 0) is 42.9 Å². The van der Waals surface area contributed by atoms with Gasteiger partial charge in [-0.25, -0.2) is 0 Å². The van der Waals surface area contributed by atoms with Crippen LogP contribution in [0.15, 0.2) is 24.3 Å². The zero-order chi connectivity index (χ0) is 11.3. The van der Waals surface area contributed by atoms with Crippen molar-refractivity contribution in [3.63, 3.8) is 0 Å². The third-order valence-electron chi connectivity index (χ3n) is 3.30. The molecule has 0 saturated heterocycles. The van der Waals surface area contributed by atoms with Crippen LogP contribution in [0.5, 0.6) is 0 Å². The topological polar surface area (TPSA) is 26.0 Å². The molecule has 1 rings (SSSR count). The Balaban J connectivity index is 2.78. The summed E-state index contributed by atoms with van der Waals surface area (Å²) in [5, 5.41) is 0. The molecule has 0 heterocycles. The highest BCUT2D eigenvalue weighted by atomic mass is 14.5. The maximum atomic E-state index is 5.88. The Bertz CT molecular complexity index is 293. The van der Waals surface area contributed by atoms with Crippen LogP contribution in [-0.4, -0.2) is 6.54 Å². The van der Waals surface area contributed by atoms with Crippen LogP contribution in [-0.2, 0) is 0 Å². The molecule has 0 spiro atoms. The average Bonchev–Trinajstić information content (AvgIpc) is 2.26. The average molecular weight is 205 g/mol. The molecule has 0 aliphatic rings. The van der Waals surface area contributed by atoms with Crippen molar-refractivity contribution in [3.05, 3.63) is 35.4 Å². The molecule has 2 N–H and O–H groups in total. The largest absolute Gasteiger partial charge is 0.330 e. The Labute approximate surface area is 93.7 Å². The Morgan fingerprint density at radius 2 is 1.93 bits per heavy atom. The standard InChI is InChI=1S/C14H23N/c1-4-11(2)9-13(10-15)14-8-6-5-7-12(14)3/h5-8,11,13H,4,9-10,15H2,1-3H3. The van der Waals surface area contributed by atoms with Gasteiger partial charge >= 0.3 is 0 Å². The third kappa shape index (κ3) is 3.35. The zero-order valence-corrected chi connectivity index (χ0v) is 10.2. The fourth-order valence-corrected chi connectivity index (χ4v) is 2.05. The fourth-order valence-electron chi connectivity index (χ4n) is 2.05. The number of hydrogen-bond acceptors (Lipinski definition) is 1. The molecule has 1 heteroatoms. The van der Waals surface area contributed by atoms with E-state index in [1.165, 1.54) is 24.0 Å². The second-order valence-electron chi connectivity index (χ2n) is 4.54. The lowest BCUT2D eigenvalue weighted by molar-refractivity contribution is 0.457. The smallest absolute Gasteiger partial charge is 0.000803 e. The van der Waals surface area contributed by atoms with Crippen molar-refractivity contribution in [1.29, 1.82) is 0 Å². The van der Waals surface area contributed by atoms with Gasteiger partial charge in [-0.3, -0.25) is 0 Å². The molecule has 0 fully saturated rings. The summed E-state index contributed by atoms with van der Waals surface area (Å²) in [6.45, 7) is 7.49. The van der Waals surface area contributed by atoms with E-state index in [2.05, 4.69) is 45.0 Å². The van der Waals surface area contributed by atoms with E-state index in [1.54, 1.807) is 0 Å². The Hall–Kier alpha value is -0.820. The van der Waals surface area contributed by atoms with E-state index in [4.69, 9.17) is 5.73 Å². The van der Waals surface area contributed by atoms with Crippen molar-refractivity contribution in [1.82, 2.24) is 0 Å². The van der Waals surface area contributed by atoms with E-state index in [1.807, 2.05) is 0 Å². The number of benzene rings is 1. The molecule has 0 amide bonds. The summed E-state index contributed by atoms with van der Waals surface area (Å²) in [6, 6.07) is 8.60. The summed E-state index contributed by atoms with van der Waals surface area (Å²) in [5.74, 6) is 1.29. The van der Waals surface area contributed by atoms with Crippen molar-refractivity contribution in [2.45, 2.75) is 39.5 Å². The van der Waals surface area contributed by atoms with Crippen molar-refractivity contribution in [2.24, 2.45) is 11.7 Å². The van der Waals surface area contributed by atoms with Gasteiger partial charge in [0.15, 0.2) is 0 Å². The number of rotatable bonds is 5. The highest BCUT2D eigenvalue weighted by Crippen LogP contribution is 2.26. The molecule has 0 saturated carbocycles. The molecule has 2 unspecified atom stereocenters. The predicted octanol–water partition coefficient (Wildman–Crippen LogP) is 3.47. The van der Waals surface area contributed by atoms with Crippen molar-refractivity contribution < 1.29 is 0 Å². The molecule has 0 radical (unpaired) electrons. The van der Waals surface area contributed by atoms with E-state index in [0.717, 1.165) is 12.5 Å². The van der Waals surface area contributed by atoms with E-state index < -0.39 is 0 Å². The third-order valence-corrected chi connectivity index (χ3v) is 3.30. The van der Waals surface area contributed by atoms with E-state index >= 15 is 0 Å². The molecule has 0 aromatic heterocycles. The van der Waals surface area contributed by atoms with E-state index in [0.29, 0.717) is 5.92 Å². The number of hydrogen-bond donors (Lipinski definition) is 1. The molecule has 2 atom stereocenters. The minimum absolute atomic E-state index is 0.529. The fraction of sp³-hybridized carbons (Fsp3) is 0.571. The first kappa shape index (κ1) is 12.3. The Kier molecular flexibility index (Phi) is 4.83. The van der Waals surface area contributed by atoms with Gasteiger partial charge in [0.2, 0.25) is 0 Å². The quantitative estimate of drug-likeness (QED) is 0.782. The SMILES string of the molecule is CCC(C)CC(CN)c1ccccc1C. The molecule has 0 bridgehead atoms. The second kappa shape index (κ2) is 5.92. The first-order valence-electron chi connectivity index (χ1n) is 5.94. The van der Waals surface area contributed by atoms with Gasteiger partial charge in [-0.2, -0.15) is 0 Å². The van der Waals surface area contributed by atoms with E-state index in [9.17, 15) is 0 Å². The minimum atomic E-state index is 0.529. The molecule has 0 aliphatic carbocycles. The second-order valence-corrected chi connectivity index (χ2v) is 4.54. The summed E-state index contributed by atoms with van der Waals surface area (Å²) in [6.07, 6.45) is 2.44. The lowest BCUT2D eigenvalue weighted by atomic mass is 9.86. The molecule has 0 aliphatic heterocycles. The van der Waals surface area contributed by atoms with Crippen molar-refractivity contribution in [2.75, 3.05) is 6.54 Å². The summed E-state index contributed by atoms with van der Waals surface area (Å²) in [4.78, 5) is 0. The lowest BCUT2D eigenvalue weighted by Crippen LogP contribution is -2.16. The van der Waals surface area contributed by atoms with Crippen LogP contribution in [0.4, 0.5) is 0 Å². The molecule has 1 nitrogen and oxygen atoms in total. The maximum Gasteiger partial charge on any atom is -0.000803 e. The van der Waals surface area contributed by atoms with Crippen LogP contribution in [0.3, 0.4) is 0 Å². The van der Waals surface area contributed by atoms with Crippen LogP contribution >= 0.6 is 0 Å². The molecule has 84 valence electrons. The highest BCUT2D eigenvalue weighted by molar-refractivity contribution is 5.29. The predicted molar refractivity (Wildman–Crippen MR) is 67.0 cm³/mol.